The summed E-state index contributed by atoms with van der Waals surface area (Å²) >= 11 is 0. The molecule has 160 valence electrons. The molecule has 4 fully saturated rings. The molecule has 4 heteroatoms. The second-order valence-corrected chi connectivity index (χ2v) is 11.4. The third-order valence-electron chi connectivity index (χ3n) is 10.2. The van der Waals surface area contributed by atoms with Crippen molar-refractivity contribution in [3.8, 4) is 0 Å². The minimum Gasteiger partial charge on any atom is -0.481 e. The number of aliphatic carboxylic acids is 1. The van der Waals surface area contributed by atoms with E-state index < -0.39 is 5.97 Å². The molecule has 0 unspecified atom stereocenters. The number of fused-ring (bicyclic) bond motifs is 5. The van der Waals surface area contributed by atoms with Gasteiger partial charge in [0.25, 0.3) is 0 Å². The van der Waals surface area contributed by atoms with Gasteiger partial charge in [-0.15, -0.1) is 0 Å². The fourth-order valence-corrected chi connectivity index (χ4v) is 8.73. The lowest BCUT2D eigenvalue weighted by atomic mass is 9.43. The first-order valence-corrected chi connectivity index (χ1v) is 11.7. The van der Waals surface area contributed by atoms with Gasteiger partial charge in [0.1, 0.15) is 0 Å². The molecule has 4 aliphatic carbocycles. The monoisotopic (exact) mass is 392 g/mol. The molecule has 0 aliphatic heterocycles. The van der Waals surface area contributed by atoms with Gasteiger partial charge in [0.2, 0.25) is 0 Å². The summed E-state index contributed by atoms with van der Waals surface area (Å²) in [5.41, 5.74) is 0.523. The van der Waals surface area contributed by atoms with Crippen LogP contribution >= 0.6 is 0 Å². The first kappa shape index (κ1) is 20.7. The number of carbonyl (C=O) groups is 1. The maximum atomic E-state index is 11.2. The average molecular weight is 393 g/mol. The van der Waals surface area contributed by atoms with Crippen molar-refractivity contribution in [2.24, 2.45) is 46.3 Å². The van der Waals surface area contributed by atoms with Crippen molar-refractivity contribution in [1.82, 2.24) is 0 Å². The predicted molar refractivity (Wildman–Crippen MR) is 109 cm³/mol. The number of aliphatic hydroxyl groups is 2. The van der Waals surface area contributed by atoms with Crippen LogP contribution in [0.15, 0.2) is 0 Å². The fraction of sp³-hybridized carbons (Fsp3) is 0.958. The molecule has 0 bridgehead atoms. The van der Waals surface area contributed by atoms with Crippen molar-refractivity contribution in [3.05, 3.63) is 0 Å². The van der Waals surface area contributed by atoms with Gasteiger partial charge >= 0.3 is 5.97 Å². The quantitative estimate of drug-likeness (QED) is 0.659. The zero-order chi connectivity index (χ0) is 20.3. The van der Waals surface area contributed by atoms with E-state index >= 15 is 0 Å². The molecule has 0 aromatic heterocycles. The first-order chi connectivity index (χ1) is 13.2. The molecule has 3 N–H and O–H groups in total. The molecule has 10 atom stereocenters. The molecule has 0 heterocycles. The van der Waals surface area contributed by atoms with Crippen molar-refractivity contribution in [1.29, 1.82) is 0 Å². The van der Waals surface area contributed by atoms with E-state index in [2.05, 4.69) is 20.8 Å². The Kier molecular flexibility index (Phi) is 5.36. The Labute approximate surface area is 170 Å². The predicted octanol–water partition coefficient (Wildman–Crippen LogP) is 4.48. The summed E-state index contributed by atoms with van der Waals surface area (Å²) in [5, 5.41) is 30.5. The average Bonchev–Trinajstić information content (AvgIpc) is 2.98. The lowest BCUT2D eigenvalue weighted by Crippen LogP contribution is -2.58. The molecule has 4 saturated carbocycles. The number of carboxylic acids is 1. The van der Waals surface area contributed by atoms with Crippen LogP contribution in [0.5, 0.6) is 0 Å². The third kappa shape index (κ3) is 3.14. The van der Waals surface area contributed by atoms with E-state index in [9.17, 15) is 15.0 Å². The lowest BCUT2D eigenvalue weighted by molar-refractivity contribution is -0.174. The highest BCUT2D eigenvalue weighted by atomic mass is 16.4. The molecule has 4 nitrogen and oxygen atoms in total. The number of carboxylic acid groups (broad SMARTS) is 1. The Morgan fingerprint density at radius 1 is 1.00 bits per heavy atom. The van der Waals surface area contributed by atoms with Gasteiger partial charge in [0, 0.05) is 6.42 Å². The van der Waals surface area contributed by atoms with Crippen molar-refractivity contribution < 1.29 is 20.1 Å². The van der Waals surface area contributed by atoms with Gasteiger partial charge in [-0.3, -0.25) is 4.79 Å². The topological polar surface area (TPSA) is 77.8 Å². The van der Waals surface area contributed by atoms with Crippen LogP contribution in [0.4, 0.5) is 0 Å². The Balaban J connectivity index is 1.55. The minimum absolute atomic E-state index is 0.179. The molecular weight excluding hydrogens is 352 g/mol. The Morgan fingerprint density at radius 2 is 1.68 bits per heavy atom. The van der Waals surface area contributed by atoms with Crippen molar-refractivity contribution in [2.75, 3.05) is 0 Å². The first-order valence-electron chi connectivity index (χ1n) is 11.7. The Hall–Kier alpha value is -0.610. The van der Waals surface area contributed by atoms with Crippen LogP contribution in [-0.2, 0) is 4.79 Å². The summed E-state index contributed by atoms with van der Waals surface area (Å²) in [5.74, 6) is 2.36. The van der Waals surface area contributed by atoms with Crippen LogP contribution in [0.1, 0.15) is 85.0 Å². The highest BCUT2D eigenvalue weighted by Gasteiger charge is 2.62. The van der Waals surface area contributed by atoms with Crippen molar-refractivity contribution >= 4 is 5.97 Å². The molecule has 28 heavy (non-hydrogen) atoms. The smallest absolute Gasteiger partial charge is 0.303 e. The molecule has 4 rings (SSSR count). The van der Waals surface area contributed by atoms with Crippen LogP contribution in [0.3, 0.4) is 0 Å². The van der Waals surface area contributed by atoms with Crippen LogP contribution in [0.2, 0.25) is 0 Å². The van der Waals surface area contributed by atoms with Gasteiger partial charge in [0.15, 0.2) is 0 Å². The molecule has 0 aromatic rings. The summed E-state index contributed by atoms with van der Waals surface area (Å²) in [6.45, 7) is 7.16. The minimum atomic E-state index is -0.684. The van der Waals surface area contributed by atoms with Gasteiger partial charge in [0.05, 0.1) is 12.2 Å². The van der Waals surface area contributed by atoms with Gasteiger partial charge in [-0.25, -0.2) is 0 Å². The van der Waals surface area contributed by atoms with E-state index in [0.29, 0.717) is 35.5 Å². The largest absolute Gasteiger partial charge is 0.481 e. The van der Waals surface area contributed by atoms with Gasteiger partial charge in [-0.2, -0.15) is 0 Å². The standard InChI is InChI=1S/C24H40O4/c1-14(4-7-21(27)28)17-5-6-18-22-19(9-11-24(17,18)3)23(2)10-8-16(25)12-15(23)13-20(22)26/h14-20,22,25-26H,4-13H2,1-3H3,(H,27,28)/t14-,15+,16-,17-,18-,19-,20-,22-,23+,24-/m1/s1. The SMILES string of the molecule is C[C@H](CCC(=O)O)[C@H]1CC[C@@H]2[C@H]3[C@H](O)C[C@@H]4C[C@H](O)CC[C@]4(C)[C@@H]3CC[C@@]21C. The number of rotatable bonds is 4. The summed E-state index contributed by atoms with van der Waals surface area (Å²) in [4.78, 5) is 11.1. The van der Waals surface area contributed by atoms with E-state index in [1.165, 1.54) is 25.7 Å². The van der Waals surface area contributed by atoms with Gasteiger partial charge < -0.3 is 15.3 Å². The Morgan fingerprint density at radius 3 is 2.39 bits per heavy atom. The summed E-state index contributed by atoms with van der Waals surface area (Å²) in [6.07, 6.45) is 9.19. The van der Waals surface area contributed by atoms with Crippen molar-refractivity contribution in [2.45, 2.75) is 97.2 Å². The second kappa shape index (κ2) is 7.27. The zero-order valence-corrected chi connectivity index (χ0v) is 17.9. The highest BCUT2D eigenvalue weighted by Crippen LogP contribution is 2.68. The second-order valence-electron chi connectivity index (χ2n) is 11.4. The zero-order valence-electron chi connectivity index (χ0n) is 17.9. The van der Waals surface area contributed by atoms with E-state index in [1.807, 2.05) is 0 Å². The van der Waals surface area contributed by atoms with Crippen LogP contribution < -0.4 is 0 Å². The lowest BCUT2D eigenvalue weighted by Gasteiger charge is -2.62. The molecule has 0 radical (unpaired) electrons. The van der Waals surface area contributed by atoms with E-state index in [-0.39, 0.29) is 29.5 Å². The Bertz CT molecular complexity index is 605. The van der Waals surface area contributed by atoms with Gasteiger partial charge in [-0.1, -0.05) is 20.8 Å². The van der Waals surface area contributed by atoms with E-state index in [1.54, 1.807) is 0 Å². The number of aliphatic hydroxyl groups excluding tert-OH is 2. The molecule has 0 spiro atoms. The molecule has 4 aliphatic rings. The van der Waals surface area contributed by atoms with Crippen LogP contribution in [0, 0.1) is 46.3 Å². The molecular formula is C24H40O4. The highest BCUT2D eigenvalue weighted by molar-refractivity contribution is 5.66. The van der Waals surface area contributed by atoms with E-state index in [0.717, 1.165) is 32.1 Å². The third-order valence-corrected chi connectivity index (χ3v) is 10.2. The number of hydrogen-bond donors (Lipinski definition) is 3. The normalized spacial score (nSPS) is 51.7. The fourth-order valence-electron chi connectivity index (χ4n) is 8.73. The van der Waals surface area contributed by atoms with Crippen molar-refractivity contribution in [3.63, 3.8) is 0 Å². The number of hydrogen-bond acceptors (Lipinski definition) is 3. The molecule has 0 amide bonds. The maximum absolute atomic E-state index is 11.2. The summed E-state index contributed by atoms with van der Waals surface area (Å²) in [6, 6.07) is 0. The van der Waals surface area contributed by atoms with Crippen LogP contribution in [-0.4, -0.2) is 33.5 Å². The summed E-state index contributed by atoms with van der Waals surface area (Å²) in [7, 11) is 0. The molecule has 0 saturated heterocycles. The maximum Gasteiger partial charge on any atom is 0.303 e. The van der Waals surface area contributed by atoms with Crippen LogP contribution in [0.25, 0.3) is 0 Å². The summed E-state index contributed by atoms with van der Waals surface area (Å²) < 4.78 is 0. The van der Waals surface area contributed by atoms with Gasteiger partial charge in [-0.05, 0) is 104 Å². The molecule has 0 aromatic carbocycles. The van der Waals surface area contributed by atoms with E-state index in [4.69, 9.17) is 5.11 Å².